The van der Waals surface area contributed by atoms with Crippen LogP contribution in [0.25, 0.3) is 0 Å². The summed E-state index contributed by atoms with van der Waals surface area (Å²) >= 11 is 0. The van der Waals surface area contributed by atoms with E-state index in [2.05, 4.69) is 15.6 Å². The van der Waals surface area contributed by atoms with E-state index in [9.17, 15) is 13.2 Å². The van der Waals surface area contributed by atoms with E-state index < -0.39 is 11.7 Å². The van der Waals surface area contributed by atoms with Crippen molar-refractivity contribution in [3.8, 4) is 0 Å². The summed E-state index contributed by atoms with van der Waals surface area (Å²) in [5, 5.41) is 6.26. The zero-order valence-electron chi connectivity index (χ0n) is 15.8. The third-order valence-electron chi connectivity index (χ3n) is 3.46. The Hall–Kier alpha value is -1.07. The number of unbranched alkanes of at least 4 members (excludes halogenated alkanes) is 1. The molecule has 0 bridgehead atoms. The predicted octanol–water partition coefficient (Wildman–Crippen LogP) is 3.82. The van der Waals surface area contributed by atoms with Crippen LogP contribution >= 0.6 is 24.0 Å². The maximum Gasteiger partial charge on any atom is 0.416 e. The number of alkyl halides is 3. The number of guanidine groups is 1. The van der Waals surface area contributed by atoms with Crippen molar-refractivity contribution >= 4 is 29.9 Å². The molecular weight excluding hydrogens is 474 g/mol. The molecule has 0 saturated carbocycles. The van der Waals surface area contributed by atoms with Gasteiger partial charge in [-0.05, 0) is 37.5 Å². The van der Waals surface area contributed by atoms with Gasteiger partial charge in [-0.15, -0.1) is 24.0 Å². The second-order valence-electron chi connectivity index (χ2n) is 5.63. The Morgan fingerprint density at radius 2 is 1.89 bits per heavy atom. The standard InChI is InChI=1S/C18H28F3N3O2.HI/c1-3-22-17(23-9-4-5-10-26-12-11-25-2)24-14-15-7-6-8-16(13-15)18(19,20)21;/h6-8,13H,3-5,9-12,14H2,1-2H3,(H2,22,23,24);1H. The van der Waals surface area contributed by atoms with E-state index in [0.717, 1.165) is 25.0 Å². The van der Waals surface area contributed by atoms with Gasteiger partial charge in [-0.1, -0.05) is 12.1 Å². The number of rotatable bonds is 11. The van der Waals surface area contributed by atoms with Gasteiger partial charge in [-0.3, -0.25) is 0 Å². The summed E-state index contributed by atoms with van der Waals surface area (Å²) in [7, 11) is 1.63. The largest absolute Gasteiger partial charge is 0.416 e. The molecule has 0 fully saturated rings. The number of ether oxygens (including phenoxy) is 2. The predicted molar refractivity (Wildman–Crippen MR) is 112 cm³/mol. The Morgan fingerprint density at radius 3 is 2.56 bits per heavy atom. The number of benzene rings is 1. The van der Waals surface area contributed by atoms with Gasteiger partial charge in [0.05, 0.1) is 25.3 Å². The van der Waals surface area contributed by atoms with E-state index in [1.807, 2.05) is 6.92 Å². The zero-order chi connectivity index (χ0) is 19.3. The zero-order valence-corrected chi connectivity index (χ0v) is 18.1. The molecular formula is C18H29F3IN3O2. The maximum atomic E-state index is 12.7. The minimum Gasteiger partial charge on any atom is -0.382 e. The summed E-state index contributed by atoms with van der Waals surface area (Å²) < 4.78 is 48.5. The highest BCUT2D eigenvalue weighted by Gasteiger charge is 2.30. The van der Waals surface area contributed by atoms with Crippen molar-refractivity contribution in [3.63, 3.8) is 0 Å². The highest BCUT2D eigenvalue weighted by Crippen LogP contribution is 2.29. The van der Waals surface area contributed by atoms with Gasteiger partial charge in [-0.2, -0.15) is 13.2 Å². The summed E-state index contributed by atoms with van der Waals surface area (Å²) in [6.45, 7) is 5.35. The minimum atomic E-state index is -4.34. The van der Waals surface area contributed by atoms with Crippen LogP contribution in [0.15, 0.2) is 29.3 Å². The molecule has 1 rings (SSSR count). The Morgan fingerprint density at radius 1 is 1.11 bits per heavy atom. The number of nitrogens with zero attached hydrogens (tertiary/aromatic N) is 1. The van der Waals surface area contributed by atoms with E-state index >= 15 is 0 Å². The van der Waals surface area contributed by atoms with E-state index in [0.29, 0.717) is 44.4 Å². The molecule has 1 aromatic rings. The summed E-state index contributed by atoms with van der Waals surface area (Å²) in [5.41, 5.74) is -0.139. The Bertz CT molecular complexity index is 543. The third-order valence-corrected chi connectivity index (χ3v) is 3.46. The molecule has 0 amide bonds. The Kier molecular flexibility index (Phi) is 14.3. The van der Waals surface area contributed by atoms with Crippen molar-refractivity contribution < 1.29 is 22.6 Å². The van der Waals surface area contributed by atoms with Crippen LogP contribution in [0, 0.1) is 0 Å². The van der Waals surface area contributed by atoms with Crippen LogP contribution in [-0.4, -0.2) is 46.0 Å². The lowest BCUT2D eigenvalue weighted by Crippen LogP contribution is -2.37. The van der Waals surface area contributed by atoms with Gasteiger partial charge < -0.3 is 20.1 Å². The SMILES string of the molecule is CCNC(=NCc1cccc(C(F)(F)F)c1)NCCCCOCCOC.I. The first-order valence-electron chi connectivity index (χ1n) is 8.72. The number of halogens is 4. The van der Waals surface area contributed by atoms with Gasteiger partial charge in [0, 0.05) is 26.8 Å². The highest BCUT2D eigenvalue weighted by atomic mass is 127. The molecule has 5 nitrogen and oxygen atoms in total. The molecule has 2 N–H and O–H groups in total. The van der Waals surface area contributed by atoms with Crippen molar-refractivity contribution in [2.75, 3.05) is 40.0 Å². The summed E-state index contributed by atoms with van der Waals surface area (Å²) in [6, 6.07) is 5.23. The fraction of sp³-hybridized carbons (Fsp3) is 0.611. The van der Waals surface area contributed by atoms with Crippen LogP contribution in [0.3, 0.4) is 0 Å². The van der Waals surface area contributed by atoms with Crippen molar-refractivity contribution in [2.45, 2.75) is 32.5 Å². The number of methoxy groups -OCH3 is 1. The van der Waals surface area contributed by atoms with Crippen molar-refractivity contribution in [2.24, 2.45) is 4.99 Å². The molecule has 0 atom stereocenters. The van der Waals surface area contributed by atoms with E-state index in [1.54, 1.807) is 13.2 Å². The lowest BCUT2D eigenvalue weighted by atomic mass is 10.1. The summed E-state index contributed by atoms with van der Waals surface area (Å²) in [5.74, 6) is 0.588. The molecule has 27 heavy (non-hydrogen) atoms. The van der Waals surface area contributed by atoms with Gasteiger partial charge in [0.15, 0.2) is 5.96 Å². The van der Waals surface area contributed by atoms with Crippen LogP contribution < -0.4 is 10.6 Å². The third kappa shape index (κ3) is 12.1. The first-order chi connectivity index (χ1) is 12.5. The van der Waals surface area contributed by atoms with Crippen LogP contribution in [0.5, 0.6) is 0 Å². The van der Waals surface area contributed by atoms with Crippen LogP contribution in [0.1, 0.15) is 30.9 Å². The Balaban J connectivity index is 0.00000676. The second kappa shape index (κ2) is 14.9. The number of nitrogens with one attached hydrogen (secondary N) is 2. The molecule has 0 aliphatic carbocycles. The molecule has 0 heterocycles. The number of hydrogen-bond acceptors (Lipinski definition) is 3. The van der Waals surface area contributed by atoms with Gasteiger partial charge in [0.1, 0.15) is 0 Å². The molecule has 156 valence electrons. The molecule has 0 spiro atoms. The van der Waals surface area contributed by atoms with Gasteiger partial charge in [-0.25, -0.2) is 4.99 Å². The van der Waals surface area contributed by atoms with Crippen molar-refractivity contribution in [1.82, 2.24) is 10.6 Å². The monoisotopic (exact) mass is 503 g/mol. The topological polar surface area (TPSA) is 54.9 Å². The maximum absolute atomic E-state index is 12.7. The molecule has 0 aliphatic rings. The fourth-order valence-corrected chi connectivity index (χ4v) is 2.14. The number of hydrogen-bond donors (Lipinski definition) is 2. The van der Waals surface area contributed by atoms with Crippen LogP contribution in [0.2, 0.25) is 0 Å². The van der Waals surface area contributed by atoms with Crippen molar-refractivity contribution in [3.05, 3.63) is 35.4 Å². The van der Waals surface area contributed by atoms with Crippen LogP contribution in [-0.2, 0) is 22.2 Å². The first-order valence-corrected chi connectivity index (χ1v) is 8.72. The molecule has 0 radical (unpaired) electrons. The molecule has 1 aromatic carbocycles. The van der Waals surface area contributed by atoms with Gasteiger partial charge >= 0.3 is 6.18 Å². The van der Waals surface area contributed by atoms with E-state index in [4.69, 9.17) is 9.47 Å². The molecule has 0 aliphatic heterocycles. The number of aliphatic imine (C=N–C) groups is 1. The normalized spacial score (nSPS) is 11.8. The lowest BCUT2D eigenvalue weighted by molar-refractivity contribution is -0.137. The minimum absolute atomic E-state index is 0. The van der Waals surface area contributed by atoms with Crippen molar-refractivity contribution in [1.29, 1.82) is 0 Å². The summed E-state index contributed by atoms with van der Waals surface area (Å²) in [6.07, 6.45) is -2.53. The Labute approximate surface area is 176 Å². The quantitative estimate of drug-likeness (QED) is 0.209. The van der Waals surface area contributed by atoms with Gasteiger partial charge in [0.25, 0.3) is 0 Å². The van der Waals surface area contributed by atoms with E-state index in [-0.39, 0.29) is 30.5 Å². The second-order valence-corrected chi connectivity index (χ2v) is 5.63. The first kappa shape index (κ1) is 25.9. The average Bonchev–Trinajstić information content (AvgIpc) is 2.61. The van der Waals surface area contributed by atoms with E-state index in [1.165, 1.54) is 6.07 Å². The molecule has 0 saturated heterocycles. The average molecular weight is 503 g/mol. The molecule has 0 aromatic heterocycles. The summed E-state index contributed by atoms with van der Waals surface area (Å²) in [4.78, 5) is 4.34. The smallest absolute Gasteiger partial charge is 0.382 e. The molecule has 0 unspecified atom stereocenters. The highest BCUT2D eigenvalue weighted by molar-refractivity contribution is 14.0. The van der Waals surface area contributed by atoms with Crippen LogP contribution in [0.4, 0.5) is 13.2 Å². The van der Waals surface area contributed by atoms with Gasteiger partial charge in [0.2, 0.25) is 0 Å². The lowest BCUT2D eigenvalue weighted by Gasteiger charge is -2.12. The molecule has 9 heteroatoms. The fourth-order valence-electron chi connectivity index (χ4n) is 2.14.